The van der Waals surface area contributed by atoms with E-state index in [1.807, 2.05) is 6.07 Å². The number of piperidine rings is 1. The highest BCUT2D eigenvalue weighted by Gasteiger charge is 2.34. The van der Waals surface area contributed by atoms with Gasteiger partial charge in [0.1, 0.15) is 0 Å². The molecule has 6 heteroatoms. The van der Waals surface area contributed by atoms with E-state index in [1.165, 1.54) is 12.8 Å². The number of carbonyl (C=O) groups excluding carboxylic acids is 1. The highest BCUT2D eigenvalue weighted by atomic mass is 32.2. The van der Waals surface area contributed by atoms with Crippen molar-refractivity contribution in [1.29, 1.82) is 0 Å². The lowest BCUT2D eigenvalue weighted by atomic mass is 10.0. The van der Waals surface area contributed by atoms with Crippen molar-refractivity contribution in [3.63, 3.8) is 0 Å². The monoisotopic (exact) mass is 350 g/mol. The number of nitrogens with one attached hydrogen (secondary N) is 1. The summed E-state index contributed by atoms with van der Waals surface area (Å²) < 4.78 is 27.4. The van der Waals surface area contributed by atoms with Gasteiger partial charge in [-0.3, -0.25) is 4.79 Å². The van der Waals surface area contributed by atoms with E-state index < -0.39 is 10.0 Å². The van der Waals surface area contributed by atoms with Crippen LogP contribution < -0.4 is 5.32 Å². The van der Waals surface area contributed by atoms with Gasteiger partial charge in [-0.15, -0.1) is 0 Å². The van der Waals surface area contributed by atoms with E-state index in [2.05, 4.69) is 5.32 Å². The first-order chi connectivity index (χ1) is 11.6. The number of nitrogens with zero attached hydrogens (tertiary/aromatic N) is 1. The lowest BCUT2D eigenvalue weighted by Crippen LogP contribution is -2.46. The van der Waals surface area contributed by atoms with Crippen molar-refractivity contribution >= 4 is 15.9 Å². The van der Waals surface area contributed by atoms with Crippen molar-refractivity contribution in [2.45, 2.75) is 68.3 Å². The van der Waals surface area contributed by atoms with Gasteiger partial charge in [-0.05, 0) is 37.8 Å². The highest BCUT2D eigenvalue weighted by Crippen LogP contribution is 2.27. The summed E-state index contributed by atoms with van der Waals surface area (Å²) in [6.07, 6.45) is 7.28. The van der Waals surface area contributed by atoms with Crippen molar-refractivity contribution in [3.8, 4) is 0 Å². The molecule has 0 unspecified atom stereocenters. The van der Waals surface area contributed by atoms with Gasteiger partial charge >= 0.3 is 0 Å². The minimum absolute atomic E-state index is 0.0120. The summed E-state index contributed by atoms with van der Waals surface area (Å²) in [5.74, 6) is -0.0120. The smallest absolute Gasteiger partial charge is 0.243 e. The summed E-state index contributed by atoms with van der Waals surface area (Å²) in [5, 5.41) is 3.08. The Hall–Kier alpha value is -1.40. The molecule has 1 N–H and O–H groups in total. The molecule has 1 aliphatic carbocycles. The van der Waals surface area contributed by atoms with Crippen molar-refractivity contribution in [3.05, 3.63) is 30.3 Å². The standard InChI is InChI=1S/C18H26N2O3S/c21-18(19-15-8-4-5-9-15)14-16-10-6-7-13-20(16)24(22,23)17-11-2-1-3-12-17/h1-3,11-12,15-16H,4-10,13-14H2,(H,19,21)/t16-/m0/s1. The fourth-order valence-electron chi connectivity index (χ4n) is 3.79. The van der Waals surface area contributed by atoms with Crippen molar-refractivity contribution in [2.75, 3.05) is 6.54 Å². The van der Waals surface area contributed by atoms with Gasteiger partial charge in [-0.2, -0.15) is 4.31 Å². The Kier molecular flexibility index (Phi) is 5.56. The van der Waals surface area contributed by atoms with Gasteiger partial charge in [-0.1, -0.05) is 37.5 Å². The molecule has 3 rings (SSSR count). The summed E-state index contributed by atoms with van der Waals surface area (Å²) in [6.45, 7) is 0.499. The minimum Gasteiger partial charge on any atom is -0.353 e. The Bertz CT molecular complexity index is 654. The van der Waals surface area contributed by atoms with Gasteiger partial charge < -0.3 is 5.32 Å². The molecule has 1 heterocycles. The molecule has 24 heavy (non-hydrogen) atoms. The molecule has 1 saturated heterocycles. The van der Waals surface area contributed by atoms with Gasteiger partial charge in [0, 0.05) is 25.0 Å². The average molecular weight is 350 g/mol. The molecule has 0 radical (unpaired) electrons. The number of carbonyl (C=O) groups is 1. The van der Waals surface area contributed by atoms with Gasteiger partial charge in [-0.25, -0.2) is 8.42 Å². The Morgan fingerprint density at radius 1 is 1.04 bits per heavy atom. The van der Waals surface area contributed by atoms with E-state index in [4.69, 9.17) is 0 Å². The Labute approximate surface area is 144 Å². The van der Waals surface area contributed by atoms with E-state index in [9.17, 15) is 13.2 Å². The second kappa shape index (κ2) is 7.66. The molecule has 2 aliphatic rings. The number of amides is 1. The molecule has 0 aromatic heterocycles. The molecule has 1 atom stereocenters. The Morgan fingerprint density at radius 2 is 1.71 bits per heavy atom. The molecule has 1 amide bonds. The zero-order valence-electron chi connectivity index (χ0n) is 14.0. The molecule has 0 spiro atoms. The molecule has 1 aromatic rings. The first-order valence-corrected chi connectivity index (χ1v) is 10.4. The minimum atomic E-state index is -3.53. The fraction of sp³-hybridized carbons (Fsp3) is 0.611. The second-order valence-electron chi connectivity index (χ2n) is 6.83. The van der Waals surface area contributed by atoms with Crippen molar-refractivity contribution < 1.29 is 13.2 Å². The van der Waals surface area contributed by atoms with E-state index >= 15 is 0 Å². The lowest BCUT2D eigenvalue weighted by molar-refractivity contribution is -0.122. The molecular formula is C18H26N2O3S. The second-order valence-corrected chi connectivity index (χ2v) is 8.72. The van der Waals surface area contributed by atoms with E-state index in [-0.39, 0.29) is 24.4 Å². The van der Waals surface area contributed by atoms with Crippen LogP contribution in [-0.4, -0.2) is 37.3 Å². The summed E-state index contributed by atoms with van der Waals surface area (Å²) in [7, 11) is -3.53. The van der Waals surface area contributed by atoms with Crippen LogP contribution in [0.5, 0.6) is 0 Å². The van der Waals surface area contributed by atoms with E-state index in [0.29, 0.717) is 11.4 Å². The molecule has 2 fully saturated rings. The molecule has 132 valence electrons. The third kappa shape index (κ3) is 3.98. The van der Waals surface area contributed by atoms with Crippen LogP contribution in [-0.2, 0) is 14.8 Å². The average Bonchev–Trinajstić information content (AvgIpc) is 3.09. The zero-order valence-corrected chi connectivity index (χ0v) is 14.8. The zero-order chi connectivity index (χ0) is 17.0. The molecule has 1 saturated carbocycles. The SMILES string of the molecule is O=C(C[C@@H]1CCCCN1S(=O)(=O)c1ccccc1)NC1CCCC1. The predicted octanol–water partition coefficient (Wildman–Crippen LogP) is 2.68. The number of hydrogen-bond acceptors (Lipinski definition) is 3. The van der Waals surface area contributed by atoms with E-state index in [1.54, 1.807) is 28.6 Å². The summed E-state index contributed by atoms with van der Waals surface area (Å²) in [5.41, 5.74) is 0. The normalized spacial score (nSPS) is 23.2. The van der Waals surface area contributed by atoms with Crippen molar-refractivity contribution in [2.24, 2.45) is 0 Å². The lowest BCUT2D eigenvalue weighted by Gasteiger charge is -2.34. The van der Waals surface area contributed by atoms with Crippen LogP contribution in [0.25, 0.3) is 0 Å². The van der Waals surface area contributed by atoms with Gasteiger partial charge in [0.2, 0.25) is 15.9 Å². The maximum Gasteiger partial charge on any atom is 0.243 e. The maximum atomic E-state index is 12.9. The van der Waals surface area contributed by atoms with Gasteiger partial charge in [0.25, 0.3) is 0 Å². The van der Waals surface area contributed by atoms with Crippen molar-refractivity contribution in [1.82, 2.24) is 9.62 Å². The molecule has 0 bridgehead atoms. The predicted molar refractivity (Wildman–Crippen MR) is 93.0 cm³/mol. The first-order valence-electron chi connectivity index (χ1n) is 8.93. The summed E-state index contributed by atoms with van der Waals surface area (Å²) in [4.78, 5) is 12.7. The summed E-state index contributed by atoms with van der Waals surface area (Å²) in [6, 6.07) is 8.57. The fourth-order valence-corrected chi connectivity index (χ4v) is 5.51. The topological polar surface area (TPSA) is 66.5 Å². The third-order valence-electron chi connectivity index (χ3n) is 5.06. The maximum absolute atomic E-state index is 12.9. The van der Waals surface area contributed by atoms with E-state index in [0.717, 1.165) is 32.1 Å². The molecule has 5 nitrogen and oxygen atoms in total. The largest absolute Gasteiger partial charge is 0.353 e. The van der Waals surface area contributed by atoms with Crippen LogP contribution in [0.1, 0.15) is 51.4 Å². The number of benzene rings is 1. The number of rotatable bonds is 5. The van der Waals surface area contributed by atoms with Crippen LogP contribution in [0.3, 0.4) is 0 Å². The Morgan fingerprint density at radius 3 is 2.42 bits per heavy atom. The van der Waals surface area contributed by atoms with Gasteiger partial charge in [0.05, 0.1) is 4.90 Å². The van der Waals surface area contributed by atoms with Crippen LogP contribution >= 0.6 is 0 Å². The quantitative estimate of drug-likeness (QED) is 0.888. The third-order valence-corrected chi connectivity index (χ3v) is 7.03. The molecule has 1 aromatic carbocycles. The van der Waals surface area contributed by atoms with Crippen LogP contribution in [0.4, 0.5) is 0 Å². The number of sulfonamides is 1. The highest BCUT2D eigenvalue weighted by molar-refractivity contribution is 7.89. The van der Waals surface area contributed by atoms with Crippen LogP contribution in [0.15, 0.2) is 35.2 Å². The molecule has 1 aliphatic heterocycles. The Balaban J connectivity index is 1.70. The number of hydrogen-bond donors (Lipinski definition) is 1. The summed E-state index contributed by atoms with van der Waals surface area (Å²) >= 11 is 0. The first kappa shape index (κ1) is 17.4. The van der Waals surface area contributed by atoms with Crippen LogP contribution in [0.2, 0.25) is 0 Å². The van der Waals surface area contributed by atoms with Crippen LogP contribution in [0, 0.1) is 0 Å². The molecular weight excluding hydrogens is 324 g/mol. The van der Waals surface area contributed by atoms with Gasteiger partial charge in [0.15, 0.2) is 0 Å².